The van der Waals surface area contributed by atoms with Gasteiger partial charge in [0.15, 0.2) is 0 Å². The molecule has 1 amide bonds. The molecule has 6 heteroatoms. The third-order valence-electron chi connectivity index (χ3n) is 4.41. The lowest BCUT2D eigenvalue weighted by molar-refractivity contribution is -0.128. The molecule has 1 aromatic carbocycles. The topological polar surface area (TPSA) is 49.3 Å². The Morgan fingerprint density at radius 1 is 1.32 bits per heavy atom. The Balaban J connectivity index is 1.73. The summed E-state index contributed by atoms with van der Waals surface area (Å²) in [5.74, 6) is 0.249. The quantitative estimate of drug-likeness (QED) is 0.806. The van der Waals surface area contributed by atoms with E-state index < -0.39 is 0 Å². The maximum atomic E-state index is 13.5. The molecule has 0 fully saturated rings. The molecule has 1 unspecified atom stereocenters. The fourth-order valence-corrected chi connectivity index (χ4v) is 3.00. The highest BCUT2D eigenvalue weighted by atomic mass is 19.1. The summed E-state index contributed by atoms with van der Waals surface area (Å²) in [6, 6.07) is 4.66. The number of carbonyl (C=O) groups excluding carboxylic acids is 1. The first-order valence-electron chi connectivity index (χ1n) is 8.22. The van der Waals surface area contributed by atoms with E-state index in [-0.39, 0.29) is 17.8 Å². The van der Waals surface area contributed by atoms with E-state index in [1.807, 2.05) is 32.0 Å². The first kappa shape index (κ1) is 17.1. The number of carbonyl (C=O) groups is 1. The Bertz CT molecular complexity index is 802. The van der Waals surface area contributed by atoms with E-state index in [1.165, 1.54) is 18.2 Å². The number of rotatable bonds is 3. The Labute approximate surface area is 146 Å². The largest absolute Gasteiger partial charge is 0.347 e. The van der Waals surface area contributed by atoms with Crippen LogP contribution in [0.25, 0.3) is 6.08 Å². The smallest absolute Gasteiger partial charge is 0.247 e. The van der Waals surface area contributed by atoms with Crippen LogP contribution in [0.2, 0.25) is 0 Å². The second-order valence-corrected chi connectivity index (χ2v) is 6.34. The molecule has 1 aliphatic heterocycles. The lowest BCUT2D eigenvalue weighted by Crippen LogP contribution is -2.37. The molecule has 3 rings (SSSR count). The standard InChI is InChI=1S/C19H21FN4O/c1-13-17-10-16(20)6-5-15(17)8-9-24(13)18(25)7-4-14-11-21-19(22-12-14)23(2)3/h4-7,10-13H,8-9H2,1-3H3/b7-4+. The average molecular weight is 340 g/mol. The van der Waals surface area contributed by atoms with Gasteiger partial charge in [0.2, 0.25) is 11.9 Å². The minimum atomic E-state index is -0.270. The van der Waals surface area contributed by atoms with Gasteiger partial charge in [-0.25, -0.2) is 14.4 Å². The van der Waals surface area contributed by atoms with E-state index in [9.17, 15) is 9.18 Å². The van der Waals surface area contributed by atoms with Crippen LogP contribution in [0.5, 0.6) is 0 Å². The summed E-state index contributed by atoms with van der Waals surface area (Å²) >= 11 is 0. The fraction of sp³-hybridized carbons (Fsp3) is 0.316. The number of hydrogen-bond donors (Lipinski definition) is 0. The molecular formula is C19H21FN4O. The zero-order valence-corrected chi connectivity index (χ0v) is 14.6. The van der Waals surface area contributed by atoms with E-state index >= 15 is 0 Å². The number of fused-ring (bicyclic) bond motifs is 1. The molecule has 0 bridgehead atoms. The van der Waals surface area contributed by atoms with Gasteiger partial charge in [0.05, 0.1) is 6.04 Å². The second-order valence-electron chi connectivity index (χ2n) is 6.34. The van der Waals surface area contributed by atoms with E-state index in [4.69, 9.17) is 0 Å². The SMILES string of the molecule is CC1c2cc(F)ccc2CCN1C(=O)/C=C/c1cnc(N(C)C)nc1. The van der Waals surface area contributed by atoms with Crippen molar-refractivity contribution in [2.45, 2.75) is 19.4 Å². The van der Waals surface area contributed by atoms with Crippen LogP contribution in [0.15, 0.2) is 36.7 Å². The summed E-state index contributed by atoms with van der Waals surface area (Å²) < 4.78 is 13.5. The van der Waals surface area contributed by atoms with Crippen molar-refractivity contribution in [3.63, 3.8) is 0 Å². The fourth-order valence-electron chi connectivity index (χ4n) is 3.00. The molecular weight excluding hydrogens is 319 g/mol. The van der Waals surface area contributed by atoms with Gasteiger partial charge in [-0.05, 0) is 42.7 Å². The van der Waals surface area contributed by atoms with E-state index in [1.54, 1.807) is 23.4 Å². The van der Waals surface area contributed by atoms with Gasteiger partial charge in [-0.15, -0.1) is 0 Å². The molecule has 0 aliphatic carbocycles. The molecule has 0 spiro atoms. The molecule has 130 valence electrons. The zero-order valence-electron chi connectivity index (χ0n) is 14.6. The van der Waals surface area contributed by atoms with E-state index in [0.717, 1.165) is 23.1 Å². The van der Waals surface area contributed by atoms with Gasteiger partial charge in [-0.1, -0.05) is 6.07 Å². The van der Waals surface area contributed by atoms with Crippen LogP contribution in [-0.2, 0) is 11.2 Å². The molecule has 5 nitrogen and oxygen atoms in total. The molecule has 1 aliphatic rings. The van der Waals surface area contributed by atoms with Crippen molar-refractivity contribution in [3.05, 3.63) is 59.2 Å². The summed E-state index contributed by atoms with van der Waals surface area (Å²) in [4.78, 5) is 24.6. The predicted molar refractivity (Wildman–Crippen MR) is 95.6 cm³/mol. The molecule has 1 aromatic heterocycles. The normalized spacial score (nSPS) is 16.8. The molecule has 0 radical (unpaired) electrons. The van der Waals surface area contributed by atoms with Crippen molar-refractivity contribution >= 4 is 17.9 Å². The van der Waals surface area contributed by atoms with Crippen molar-refractivity contribution in [3.8, 4) is 0 Å². The van der Waals surface area contributed by atoms with Crippen LogP contribution in [-0.4, -0.2) is 41.4 Å². The number of anilines is 1. The van der Waals surface area contributed by atoms with Crippen LogP contribution in [0.3, 0.4) is 0 Å². The first-order valence-corrected chi connectivity index (χ1v) is 8.22. The monoisotopic (exact) mass is 340 g/mol. The summed E-state index contributed by atoms with van der Waals surface area (Å²) in [6.07, 6.45) is 7.32. The Morgan fingerprint density at radius 3 is 2.72 bits per heavy atom. The molecule has 0 saturated carbocycles. The summed E-state index contributed by atoms with van der Waals surface area (Å²) in [7, 11) is 3.74. The van der Waals surface area contributed by atoms with E-state index in [0.29, 0.717) is 12.5 Å². The minimum absolute atomic E-state index is 0.0981. The highest BCUT2D eigenvalue weighted by Crippen LogP contribution is 2.30. The zero-order chi connectivity index (χ0) is 18.0. The molecule has 0 saturated heterocycles. The lowest BCUT2D eigenvalue weighted by atomic mass is 9.93. The highest BCUT2D eigenvalue weighted by Gasteiger charge is 2.26. The summed E-state index contributed by atoms with van der Waals surface area (Å²) in [5.41, 5.74) is 2.75. The van der Waals surface area contributed by atoms with Gasteiger partial charge in [-0.3, -0.25) is 4.79 Å². The summed E-state index contributed by atoms with van der Waals surface area (Å²) in [6.45, 7) is 2.55. The maximum Gasteiger partial charge on any atom is 0.247 e. The van der Waals surface area contributed by atoms with Gasteiger partial charge in [-0.2, -0.15) is 0 Å². The number of benzene rings is 1. The molecule has 1 atom stereocenters. The lowest BCUT2D eigenvalue weighted by Gasteiger charge is -2.34. The summed E-state index contributed by atoms with van der Waals surface area (Å²) in [5, 5.41) is 0. The van der Waals surface area contributed by atoms with Crippen molar-refractivity contribution in [1.29, 1.82) is 0 Å². The average Bonchev–Trinajstić information content (AvgIpc) is 2.61. The third-order valence-corrected chi connectivity index (χ3v) is 4.41. The molecule has 2 aromatic rings. The number of aromatic nitrogens is 2. The highest BCUT2D eigenvalue weighted by molar-refractivity contribution is 5.92. The Morgan fingerprint density at radius 2 is 2.04 bits per heavy atom. The number of amides is 1. The maximum absolute atomic E-state index is 13.5. The molecule has 2 heterocycles. The first-order chi connectivity index (χ1) is 12.0. The second kappa shape index (κ2) is 7.01. The molecule has 0 N–H and O–H groups in total. The van der Waals surface area contributed by atoms with E-state index in [2.05, 4.69) is 9.97 Å². The number of nitrogens with zero attached hydrogens (tertiary/aromatic N) is 4. The van der Waals surface area contributed by atoms with Crippen molar-refractivity contribution in [1.82, 2.24) is 14.9 Å². The van der Waals surface area contributed by atoms with Crippen LogP contribution >= 0.6 is 0 Å². The van der Waals surface area contributed by atoms with Crippen LogP contribution in [0.1, 0.15) is 29.7 Å². The predicted octanol–water partition coefficient (Wildman–Crippen LogP) is 2.84. The van der Waals surface area contributed by atoms with Gasteiger partial charge >= 0.3 is 0 Å². The van der Waals surface area contributed by atoms with Crippen LogP contribution < -0.4 is 4.90 Å². The Kier molecular flexibility index (Phi) is 4.79. The van der Waals surface area contributed by atoms with Gasteiger partial charge < -0.3 is 9.80 Å². The van der Waals surface area contributed by atoms with Crippen molar-refractivity contribution in [2.24, 2.45) is 0 Å². The molecule has 25 heavy (non-hydrogen) atoms. The number of halogens is 1. The van der Waals surface area contributed by atoms with Gasteiger partial charge in [0, 0.05) is 44.7 Å². The van der Waals surface area contributed by atoms with Gasteiger partial charge in [0.1, 0.15) is 5.82 Å². The van der Waals surface area contributed by atoms with Crippen molar-refractivity contribution < 1.29 is 9.18 Å². The van der Waals surface area contributed by atoms with Gasteiger partial charge in [0.25, 0.3) is 0 Å². The minimum Gasteiger partial charge on any atom is -0.347 e. The number of hydrogen-bond acceptors (Lipinski definition) is 4. The van der Waals surface area contributed by atoms with Crippen LogP contribution in [0.4, 0.5) is 10.3 Å². The third kappa shape index (κ3) is 3.68. The van der Waals surface area contributed by atoms with Crippen molar-refractivity contribution in [2.75, 3.05) is 25.5 Å². The Hall–Kier alpha value is -2.76. The van der Waals surface area contributed by atoms with Crippen LogP contribution in [0, 0.1) is 5.82 Å².